The van der Waals surface area contributed by atoms with Crippen molar-refractivity contribution < 1.29 is 4.74 Å². The molecule has 1 aromatic heterocycles. The lowest BCUT2D eigenvalue weighted by Crippen LogP contribution is -1.88. The number of nitrogens with zero attached hydrogens (tertiary/aromatic N) is 1. The van der Waals surface area contributed by atoms with E-state index in [2.05, 4.69) is 4.98 Å². The summed E-state index contributed by atoms with van der Waals surface area (Å²) < 4.78 is 6.26. The molecule has 0 saturated heterocycles. The average molecular weight is 325 g/mol. The maximum atomic E-state index is 6.06. The molecule has 0 saturated carbocycles. The summed E-state index contributed by atoms with van der Waals surface area (Å²) in [4.78, 5) is 4.58. The van der Waals surface area contributed by atoms with Crippen molar-refractivity contribution in [2.24, 2.45) is 0 Å². The average Bonchev–Trinajstić information content (AvgIpc) is 2.86. The first-order valence-electron chi connectivity index (χ1n) is 5.78. The Bertz CT molecular complexity index is 778. The number of rotatable bonds is 2. The summed E-state index contributed by atoms with van der Waals surface area (Å²) >= 11 is 13.7. The molecule has 2 N–H and O–H groups in total. The predicted molar refractivity (Wildman–Crippen MR) is 86.0 cm³/mol. The highest BCUT2D eigenvalue weighted by Gasteiger charge is 2.11. The maximum absolute atomic E-state index is 6.06. The Kier molecular flexibility index (Phi) is 3.46. The Morgan fingerprint density at radius 3 is 2.50 bits per heavy atom. The van der Waals surface area contributed by atoms with Crippen LogP contribution in [0.4, 0.5) is 5.69 Å². The largest absolute Gasteiger partial charge is 0.497 e. The molecule has 0 aliphatic rings. The van der Waals surface area contributed by atoms with Crippen LogP contribution in [0.1, 0.15) is 0 Å². The van der Waals surface area contributed by atoms with E-state index in [0.29, 0.717) is 15.7 Å². The Labute approximate surface area is 129 Å². The van der Waals surface area contributed by atoms with Crippen molar-refractivity contribution in [3.8, 4) is 16.3 Å². The highest BCUT2D eigenvalue weighted by atomic mass is 35.5. The first-order chi connectivity index (χ1) is 9.58. The second kappa shape index (κ2) is 5.13. The smallest absolute Gasteiger partial charge is 0.124 e. The fourth-order valence-corrected chi connectivity index (χ4v) is 3.33. The second-order valence-electron chi connectivity index (χ2n) is 4.21. The Morgan fingerprint density at radius 2 is 1.85 bits per heavy atom. The molecule has 0 aliphatic carbocycles. The van der Waals surface area contributed by atoms with Crippen molar-refractivity contribution in [1.82, 2.24) is 4.98 Å². The van der Waals surface area contributed by atoms with E-state index in [0.717, 1.165) is 26.5 Å². The third-order valence-corrected chi connectivity index (χ3v) is 4.61. The number of aromatic nitrogens is 1. The molecule has 0 unspecified atom stereocenters. The van der Waals surface area contributed by atoms with E-state index in [9.17, 15) is 0 Å². The zero-order valence-corrected chi connectivity index (χ0v) is 12.8. The van der Waals surface area contributed by atoms with E-state index in [1.54, 1.807) is 30.6 Å². The van der Waals surface area contributed by atoms with Crippen molar-refractivity contribution in [3.05, 3.63) is 40.4 Å². The van der Waals surface area contributed by atoms with Crippen LogP contribution in [-0.2, 0) is 0 Å². The van der Waals surface area contributed by atoms with Crippen LogP contribution in [0, 0.1) is 0 Å². The number of benzene rings is 2. The number of ether oxygens (including phenoxy) is 1. The van der Waals surface area contributed by atoms with Gasteiger partial charge in [-0.05, 0) is 30.3 Å². The van der Waals surface area contributed by atoms with E-state index in [-0.39, 0.29) is 0 Å². The molecule has 102 valence electrons. The van der Waals surface area contributed by atoms with Gasteiger partial charge in [-0.2, -0.15) is 0 Å². The van der Waals surface area contributed by atoms with Crippen LogP contribution in [0.15, 0.2) is 30.3 Å². The van der Waals surface area contributed by atoms with Crippen LogP contribution in [0.5, 0.6) is 5.75 Å². The predicted octanol–water partition coefficient (Wildman–Crippen LogP) is 4.86. The minimum Gasteiger partial charge on any atom is -0.497 e. The summed E-state index contributed by atoms with van der Waals surface area (Å²) in [5.74, 6) is 0.807. The van der Waals surface area contributed by atoms with E-state index in [1.165, 1.54) is 0 Å². The highest BCUT2D eigenvalue weighted by Crippen LogP contribution is 2.37. The normalized spacial score (nSPS) is 10.9. The number of nitrogen functional groups attached to an aromatic ring is 1. The number of methoxy groups -OCH3 is 1. The molecule has 2 aromatic carbocycles. The molecule has 3 rings (SSSR count). The minimum absolute atomic E-state index is 0.389. The minimum atomic E-state index is 0.389. The molecule has 3 nitrogen and oxygen atoms in total. The summed E-state index contributed by atoms with van der Waals surface area (Å²) in [6.07, 6.45) is 0. The molecule has 1 heterocycles. The number of thiazole rings is 1. The third kappa shape index (κ3) is 2.30. The molecule has 3 aromatic rings. The highest BCUT2D eigenvalue weighted by molar-refractivity contribution is 7.21. The number of nitrogens with two attached hydrogens (primary N) is 1. The molecule has 0 fully saturated rings. The van der Waals surface area contributed by atoms with E-state index in [4.69, 9.17) is 33.7 Å². The van der Waals surface area contributed by atoms with Crippen LogP contribution in [0.3, 0.4) is 0 Å². The quantitative estimate of drug-likeness (QED) is 0.685. The number of halogens is 2. The molecule has 0 amide bonds. The molecule has 0 atom stereocenters. The Hall–Kier alpha value is -1.49. The molecular formula is C14H10Cl2N2OS. The fraction of sp³-hybridized carbons (Fsp3) is 0.0714. The second-order valence-corrected chi connectivity index (χ2v) is 6.05. The molecule has 0 aliphatic heterocycles. The summed E-state index contributed by atoms with van der Waals surface area (Å²) in [7, 11) is 1.64. The lowest BCUT2D eigenvalue weighted by Gasteiger charge is -2.03. The van der Waals surface area contributed by atoms with Crippen molar-refractivity contribution in [3.63, 3.8) is 0 Å². The van der Waals surface area contributed by atoms with Gasteiger partial charge in [0, 0.05) is 5.56 Å². The van der Waals surface area contributed by atoms with Gasteiger partial charge in [0.1, 0.15) is 10.8 Å². The zero-order valence-electron chi connectivity index (χ0n) is 10.5. The van der Waals surface area contributed by atoms with Crippen molar-refractivity contribution in [2.75, 3.05) is 12.8 Å². The van der Waals surface area contributed by atoms with Crippen LogP contribution < -0.4 is 10.5 Å². The van der Waals surface area contributed by atoms with Gasteiger partial charge in [-0.15, -0.1) is 11.3 Å². The molecule has 0 bridgehead atoms. The van der Waals surface area contributed by atoms with Gasteiger partial charge in [0.2, 0.25) is 0 Å². The van der Waals surface area contributed by atoms with Crippen molar-refractivity contribution in [1.29, 1.82) is 0 Å². The molecular weight excluding hydrogens is 315 g/mol. The van der Waals surface area contributed by atoms with Crippen LogP contribution >= 0.6 is 34.5 Å². The van der Waals surface area contributed by atoms with E-state index < -0.39 is 0 Å². The van der Waals surface area contributed by atoms with Gasteiger partial charge in [-0.1, -0.05) is 23.2 Å². The fourth-order valence-electron chi connectivity index (χ4n) is 1.86. The van der Waals surface area contributed by atoms with E-state index >= 15 is 0 Å². The summed E-state index contributed by atoms with van der Waals surface area (Å²) in [6.45, 7) is 0. The van der Waals surface area contributed by atoms with Gasteiger partial charge in [0.05, 0.1) is 33.1 Å². The monoisotopic (exact) mass is 324 g/mol. The first kappa shape index (κ1) is 13.5. The van der Waals surface area contributed by atoms with Crippen LogP contribution in [-0.4, -0.2) is 12.1 Å². The summed E-state index contributed by atoms with van der Waals surface area (Å²) in [5.41, 5.74) is 7.90. The number of anilines is 1. The van der Waals surface area contributed by atoms with E-state index in [1.807, 2.05) is 18.2 Å². The Balaban J connectivity index is 2.14. The lowest BCUT2D eigenvalue weighted by atomic mass is 10.2. The number of fused-ring (bicyclic) bond motifs is 1. The number of hydrogen-bond donors (Lipinski definition) is 1. The summed E-state index contributed by atoms with van der Waals surface area (Å²) in [6, 6.07) is 9.32. The van der Waals surface area contributed by atoms with Gasteiger partial charge in [-0.3, -0.25) is 0 Å². The topological polar surface area (TPSA) is 48.1 Å². The van der Waals surface area contributed by atoms with Crippen molar-refractivity contribution >= 4 is 50.4 Å². The standard InChI is InChI=1S/C14H10Cl2N2OS/c1-19-8-2-3-11-12(6-8)20-14(18-11)7-4-9(15)13(17)10(16)5-7/h2-6H,17H2,1H3. The van der Waals surface area contributed by atoms with Crippen molar-refractivity contribution in [2.45, 2.75) is 0 Å². The third-order valence-electron chi connectivity index (χ3n) is 2.92. The van der Waals surface area contributed by atoms with Gasteiger partial charge in [0.15, 0.2) is 0 Å². The molecule has 6 heteroatoms. The van der Waals surface area contributed by atoms with Gasteiger partial charge in [0.25, 0.3) is 0 Å². The number of hydrogen-bond acceptors (Lipinski definition) is 4. The van der Waals surface area contributed by atoms with Crippen LogP contribution in [0.2, 0.25) is 10.0 Å². The first-order valence-corrected chi connectivity index (χ1v) is 7.35. The SMILES string of the molecule is COc1ccc2nc(-c3cc(Cl)c(N)c(Cl)c3)sc2c1. The molecule has 20 heavy (non-hydrogen) atoms. The van der Waals surface area contributed by atoms with Gasteiger partial charge < -0.3 is 10.5 Å². The molecule has 0 radical (unpaired) electrons. The zero-order chi connectivity index (χ0) is 14.3. The lowest BCUT2D eigenvalue weighted by molar-refractivity contribution is 0.415. The summed E-state index contributed by atoms with van der Waals surface area (Å²) in [5, 5.41) is 1.71. The Morgan fingerprint density at radius 1 is 1.15 bits per heavy atom. The molecule has 0 spiro atoms. The van der Waals surface area contributed by atoms with Gasteiger partial charge in [-0.25, -0.2) is 4.98 Å². The maximum Gasteiger partial charge on any atom is 0.124 e. The van der Waals surface area contributed by atoms with Gasteiger partial charge >= 0.3 is 0 Å². The van der Waals surface area contributed by atoms with Crippen LogP contribution in [0.25, 0.3) is 20.8 Å².